The minimum atomic E-state index is -0.0670. The molecule has 0 aliphatic carbocycles. The zero-order valence-electron chi connectivity index (χ0n) is 12.7. The van der Waals surface area contributed by atoms with Crippen LogP contribution in [-0.2, 0) is 13.0 Å². The van der Waals surface area contributed by atoms with Crippen molar-refractivity contribution in [2.75, 3.05) is 0 Å². The number of hydrogen-bond acceptors (Lipinski definition) is 3. The number of benzene rings is 1. The van der Waals surface area contributed by atoms with Gasteiger partial charge in [0, 0.05) is 22.4 Å². The molecule has 0 radical (unpaired) electrons. The summed E-state index contributed by atoms with van der Waals surface area (Å²) in [6.45, 7) is 2.30. The SMILES string of the molecule is C#CCn1c(CCC)nc2scc(-c3ccc(Cl)cc3)c2c1=O. The van der Waals surface area contributed by atoms with Crippen LogP contribution in [0.2, 0.25) is 5.02 Å². The molecule has 5 heteroatoms. The number of thiophene rings is 1. The Morgan fingerprint density at radius 3 is 2.74 bits per heavy atom. The van der Waals surface area contributed by atoms with Crippen LogP contribution in [0.5, 0.6) is 0 Å². The van der Waals surface area contributed by atoms with Gasteiger partial charge in [0.05, 0.1) is 11.9 Å². The quantitative estimate of drug-likeness (QED) is 0.660. The molecular formula is C18H15ClN2OS. The van der Waals surface area contributed by atoms with Crippen LogP contribution in [0.25, 0.3) is 21.3 Å². The normalized spacial score (nSPS) is 10.8. The topological polar surface area (TPSA) is 34.9 Å². The summed E-state index contributed by atoms with van der Waals surface area (Å²) in [5, 5.41) is 3.27. The van der Waals surface area contributed by atoms with E-state index >= 15 is 0 Å². The molecule has 0 saturated carbocycles. The van der Waals surface area contributed by atoms with Crippen molar-refractivity contribution in [3.63, 3.8) is 0 Å². The third kappa shape index (κ3) is 2.90. The molecular weight excluding hydrogens is 328 g/mol. The molecule has 23 heavy (non-hydrogen) atoms. The molecule has 0 aliphatic heterocycles. The fourth-order valence-corrected chi connectivity index (χ4v) is 3.66. The number of aryl methyl sites for hydroxylation is 1. The molecule has 0 amide bonds. The maximum atomic E-state index is 12.9. The minimum absolute atomic E-state index is 0.0670. The monoisotopic (exact) mass is 342 g/mol. The fraction of sp³-hybridized carbons (Fsp3) is 0.222. The van der Waals surface area contributed by atoms with Crippen LogP contribution in [0.1, 0.15) is 19.2 Å². The molecule has 3 aromatic rings. The Balaban J connectivity index is 2.27. The van der Waals surface area contributed by atoms with Crippen LogP contribution >= 0.6 is 22.9 Å². The second-order valence-electron chi connectivity index (χ2n) is 5.21. The standard InChI is InChI=1S/C18H15ClN2OS/c1-3-5-15-20-17-16(18(22)21(15)10-4-2)14(11-23-17)12-6-8-13(19)9-7-12/h2,6-9,11H,3,5,10H2,1H3. The first-order valence-corrected chi connectivity index (χ1v) is 8.61. The minimum Gasteiger partial charge on any atom is -0.284 e. The molecule has 0 aliphatic rings. The van der Waals surface area contributed by atoms with E-state index in [1.165, 1.54) is 11.3 Å². The van der Waals surface area contributed by atoms with E-state index in [1.807, 2.05) is 29.6 Å². The van der Waals surface area contributed by atoms with Gasteiger partial charge in [0.25, 0.3) is 5.56 Å². The van der Waals surface area contributed by atoms with Crippen molar-refractivity contribution in [1.82, 2.24) is 9.55 Å². The smallest absolute Gasteiger partial charge is 0.263 e. The van der Waals surface area contributed by atoms with Crippen LogP contribution in [-0.4, -0.2) is 9.55 Å². The van der Waals surface area contributed by atoms with Crippen molar-refractivity contribution in [3.8, 4) is 23.5 Å². The van der Waals surface area contributed by atoms with Crippen molar-refractivity contribution in [2.24, 2.45) is 0 Å². The van der Waals surface area contributed by atoms with Crippen LogP contribution in [0.4, 0.5) is 0 Å². The molecule has 3 rings (SSSR count). The number of nitrogens with zero attached hydrogens (tertiary/aromatic N) is 2. The van der Waals surface area contributed by atoms with E-state index in [1.54, 1.807) is 4.57 Å². The van der Waals surface area contributed by atoms with E-state index in [-0.39, 0.29) is 12.1 Å². The fourth-order valence-electron chi connectivity index (χ4n) is 2.58. The lowest BCUT2D eigenvalue weighted by Crippen LogP contribution is -2.24. The zero-order valence-corrected chi connectivity index (χ0v) is 14.2. The number of halogens is 1. The van der Waals surface area contributed by atoms with Gasteiger partial charge in [-0.3, -0.25) is 9.36 Å². The van der Waals surface area contributed by atoms with Crippen molar-refractivity contribution < 1.29 is 0 Å². The van der Waals surface area contributed by atoms with Crippen molar-refractivity contribution >= 4 is 33.2 Å². The van der Waals surface area contributed by atoms with E-state index in [9.17, 15) is 4.79 Å². The Morgan fingerprint density at radius 1 is 1.35 bits per heavy atom. The van der Waals surface area contributed by atoms with Crippen LogP contribution in [0.15, 0.2) is 34.4 Å². The molecule has 0 bridgehead atoms. The first-order valence-electron chi connectivity index (χ1n) is 7.36. The third-order valence-corrected chi connectivity index (χ3v) is 4.78. The van der Waals surface area contributed by atoms with Gasteiger partial charge in [0.1, 0.15) is 10.7 Å². The summed E-state index contributed by atoms with van der Waals surface area (Å²) in [5.41, 5.74) is 1.77. The number of hydrogen-bond donors (Lipinski definition) is 0. The van der Waals surface area contributed by atoms with Crippen LogP contribution in [0, 0.1) is 12.3 Å². The summed E-state index contributed by atoms with van der Waals surface area (Å²) < 4.78 is 1.61. The Hall–Kier alpha value is -2.09. The van der Waals surface area contributed by atoms with Gasteiger partial charge in [0.2, 0.25) is 0 Å². The highest BCUT2D eigenvalue weighted by Gasteiger charge is 2.16. The second kappa shape index (κ2) is 6.57. The van der Waals surface area contributed by atoms with Gasteiger partial charge in [-0.1, -0.05) is 36.6 Å². The number of terminal acetylenes is 1. The molecule has 0 fully saturated rings. The maximum absolute atomic E-state index is 12.9. The van der Waals surface area contributed by atoms with Gasteiger partial charge < -0.3 is 0 Å². The Morgan fingerprint density at radius 2 is 2.09 bits per heavy atom. The van der Waals surface area contributed by atoms with E-state index < -0.39 is 0 Å². The summed E-state index contributed by atoms with van der Waals surface area (Å²) in [4.78, 5) is 18.4. The largest absolute Gasteiger partial charge is 0.284 e. The lowest BCUT2D eigenvalue weighted by atomic mass is 10.1. The number of fused-ring (bicyclic) bond motifs is 1. The van der Waals surface area contributed by atoms with Gasteiger partial charge in [-0.05, 0) is 24.1 Å². The van der Waals surface area contributed by atoms with E-state index in [4.69, 9.17) is 18.0 Å². The van der Waals surface area contributed by atoms with Gasteiger partial charge in [-0.15, -0.1) is 17.8 Å². The molecule has 0 N–H and O–H groups in total. The van der Waals surface area contributed by atoms with Crippen LogP contribution < -0.4 is 5.56 Å². The van der Waals surface area contributed by atoms with Crippen molar-refractivity contribution in [2.45, 2.75) is 26.3 Å². The summed E-state index contributed by atoms with van der Waals surface area (Å²) >= 11 is 7.43. The number of rotatable bonds is 4. The predicted molar refractivity (Wildman–Crippen MR) is 97.2 cm³/mol. The molecule has 2 aromatic heterocycles. The molecule has 0 spiro atoms. The van der Waals surface area contributed by atoms with Crippen molar-refractivity contribution in [3.05, 3.63) is 50.8 Å². The Kier molecular flexibility index (Phi) is 4.51. The Labute approximate surface area is 143 Å². The van der Waals surface area contributed by atoms with Gasteiger partial charge in [-0.2, -0.15) is 0 Å². The molecule has 116 valence electrons. The summed E-state index contributed by atoms with van der Waals surface area (Å²) in [5.74, 6) is 3.31. The second-order valence-corrected chi connectivity index (χ2v) is 6.50. The summed E-state index contributed by atoms with van der Waals surface area (Å²) in [6.07, 6.45) is 7.08. The summed E-state index contributed by atoms with van der Waals surface area (Å²) in [6, 6.07) is 7.46. The maximum Gasteiger partial charge on any atom is 0.263 e. The average Bonchev–Trinajstić information content (AvgIpc) is 2.96. The van der Waals surface area contributed by atoms with E-state index in [0.29, 0.717) is 10.4 Å². The highest BCUT2D eigenvalue weighted by molar-refractivity contribution is 7.17. The van der Waals surface area contributed by atoms with Gasteiger partial charge >= 0.3 is 0 Å². The predicted octanol–water partition coefficient (Wildman–Crippen LogP) is 4.36. The molecule has 1 aromatic carbocycles. The molecule has 0 atom stereocenters. The Bertz CT molecular complexity index is 948. The summed E-state index contributed by atoms with van der Waals surface area (Å²) in [7, 11) is 0. The number of aromatic nitrogens is 2. The lowest BCUT2D eigenvalue weighted by molar-refractivity contribution is 0.686. The van der Waals surface area contributed by atoms with E-state index in [2.05, 4.69) is 17.8 Å². The van der Waals surface area contributed by atoms with Crippen molar-refractivity contribution in [1.29, 1.82) is 0 Å². The lowest BCUT2D eigenvalue weighted by Gasteiger charge is -2.09. The first kappa shape index (κ1) is 15.8. The van der Waals surface area contributed by atoms with E-state index in [0.717, 1.165) is 34.6 Å². The average molecular weight is 343 g/mol. The zero-order chi connectivity index (χ0) is 16.4. The molecule has 0 saturated heterocycles. The molecule has 0 unspecified atom stereocenters. The molecule has 2 heterocycles. The first-order chi connectivity index (χ1) is 11.2. The highest BCUT2D eigenvalue weighted by Crippen LogP contribution is 2.31. The van der Waals surface area contributed by atoms with Crippen LogP contribution in [0.3, 0.4) is 0 Å². The molecule has 3 nitrogen and oxygen atoms in total. The van der Waals surface area contributed by atoms with Gasteiger partial charge in [-0.25, -0.2) is 4.98 Å². The van der Waals surface area contributed by atoms with Gasteiger partial charge in [0.15, 0.2) is 0 Å². The highest BCUT2D eigenvalue weighted by atomic mass is 35.5. The third-order valence-electron chi connectivity index (χ3n) is 3.65.